The van der Waals surface area contributed by atoms with E-state index in [1.807, 2.05) is 6.07 Å². The Morgan fingerprint density at radius 1 is 0.760 bits per heavy atom. The number of aromatic nitrogens is 8. The smallest absolute Gasteiger partial charge is 0.269 e. The fraction of sp³-hybridized carbons (Fsp3) is 0.257. The molecule has 250 valence electrons. The summed E-state index contributed by atoms with van der Waals surface area (Å²) < 4.78 is 0. The zero-order valence-electron chi connectivity index (χ0n) is 26.7. The highest BCUT2D eigenvalue weighted by molar-refractivity contribution is 7.19. The van der Waals surface area contributed by atoms with Crippen LogP contribution in [0.15, 0.2) is 61.4 Å². The van der Waals surface area contributed by atoms with Crippen LogP contribution < -0.4 is 5.32 Å². The summed E-state index contributed by atoms with van der Waals surface area (Å²) in [5, 5.41) is 17.1. The molecule has 0 radical (unpaired) electrons. The molecule has 2 aliphatic carbocycles. The number of nitrogens with zero attached hydrogens (tertiary/aromatic N) is 9. The van der Waals surface area contributed by atoms with Crippen molar-refractivity contribution in [2.45, 2.75) is 57.9 Å². The van der Waals surface area contributed by atoms with Crippen LogP contribution in [-0.4, -0.2) is 44.8 Å². The van der Waals surface area contributed by atoms with E-state index in [0.29, 0.717) is 34.7 Å². The summed E-state index contributed by atoms with van der Waals surface area (Å²) in [6.07, 6.45) is 19.0. The van der Waals surface area contributed by atoms with Gasteiger partial charge in [-0.2, -0.15) is 0 Å². The van der Waals surface area contributed by atoms with Crippen molar-refractivity contribution in [1.29, 1.82) is 0 Å². The first-order chi connectivity index (χ1) is 24.5. The molecule has 0 atom stereocenters. The Labute approximate surface area is 299 Å². The van der Waals surface area contributed by atoms with Crippen LogP contribution in [0, 0.1) is 10.1 Å². The standard InChI is InChI=1S/C21H18N6O2S.C14H11ClN4S/c28-27(29)14-5-3-4-13(10-14)11-24-20-18-15-6-1-2-7-17(15)30-21(18)26-19(25-20)16-12-22-8-9-23-16;15-12-11-8-3-1-2-4-10(8)20-14(11)19-13(18-12)9-7-16-5-6-17-9/h3-5,8-10,12H,1-2,6-7,11H2,(H,24,25,26);5-7H,1-4H2. The second kappa shape index (κ2) is 14.1. The number of anilines is 1. The van der Waals surface area contributed by atoms with Crippen LogP contribution in [-0.2, 0) is 32.2 Å². The number of thiophene rings is 2. The minimum Gasteiger partial charge on any atom is -0.365 e. The normalized spacial score (nSPS) is 13.7. The lowest BCUT2D eigenvalue weighted by atomic mass is 9.97. The molecule has 12 nitrogen and oxygen atoms in total. The molecule has 1 N–H and O–H groups in total. The van der Waals surface area contributed by atoms with E-state index in [-0.39, 0.29) is 10.6 Å². The van der Waals surface area contributed by atoms with Crippen molar-refractivity contribution in [2.24, 2.45) is 0 Å². The Bertz CT molecular complexity index is 2350. The number of hydrogen-bond acceptors (Lipinski definition) is 13. The third kappa shape index (κ3) is 6.49. The number of nitro groups is 1. The van der Waals surface area contributed by atoms with E-state index >= 15 is 0 Å². The van der Waals surface area contributed by atoms with Crippen LogP contribution in [0.3, 0.4) is 0 Å². The number of non-ortho nitro benzene ring substituents is 1. The van der Waals surface area contributed by atoms with Gasteiger partial charge in [0.15, 0.2) is 11.6 Å². The van der Waals surface area contributed by atoms with Gasteiger partial charge in [0.2, 0.25) is 0 Å². The Hall–Kier alpha value is -5.05. The summed E-state index contributed by atoms with van der Waals surface area (Å²) in [7, 11) is 0. The maximum Gasteiger partial charge on any atom is 0.269 e. The summed E-state index contributed by atoms with van der Waals surface area (Å²) in [5.41, 5.74) is 4.85. The van der Waals surface area contributed by atoms with Crippen molar-refractivity contribution < 1.29 is 4.92 Å². The molecule has 7 aromatic rings. The second-order valence-electron chi connectivity index (χ2n) is 12.0. The van der Waals surface area contributed by atoms with Gasteiger partial charge in [0.25, 0.3) is 5.69 Å². The summed E-state index contributed by atoms with van der Waals surface area (Å²) in [6, 6.07) is 6.64. The van der Waals surface area contributed by atoms with Crippen LogP contribution in [0.25, 0.3) is 43.5 Å². The largest absolute Gasteiger partial charge is 0.365 e. The number of rotatable bonds is 6. The molecular weight excluding hydrogens is 692 g/mol. The quantitative estimate of drug-likeness (QED) is 0.100. The maximum atomic E-state index is 11.1. The molecule has 0 amide bonds. The van der Waals surface area contributed by atoms with E-state index < -0.39 is 0 Å². The predicted octanol–water partition coefficient (Wildman–Crippen LogP) is 8.23. The van der Waals surface area contributed by atoms with Gasteiger partial charge in [0.05, 0.1) is 28.1 Å². The Balaban J connectivity index is 0.000000156. The molecule has 6 aromatic heterocycles. The van der Waals surface area contributed by atoms with Gasteiger partial charge < -0.3 is 5.32 Å². The van der Waals surface area contributed by atoms with Gasteiger partial charge in [-0.25, -0.2) is 29.9 Å². The monoisotopic (exact) mass is 720 g/mol. The minimum atomic E-state index is -0.381. The number of benzene rings is 1. The van der Waals surface area contributed by atoms with Gasteiger partial charge in [-0.15, -0.1) is 22.7 Å². The fourth-order valence-corrected chi connectivity index (χ4v) is 9.28. The van der Waals surface area contributed by atoms with E-state index in [1.54, 1.807) is 72.0 Å². The number of halogens is 1. The molecule has 0 bridgehead atoms. The van der Waals surface area contributed by atoms with Crippen molar-refractivity contribution in [1.82, 2.24) is 39.9 Å². The molecule has 0 saturated heterocycles. The SMILES string of the molecule is Clc1nc(-c2cnccn2)nc2sc3c(c12)CCCC3.O=[N+]([O-])c1cccc(CNc2nc(-c3cnccn3)nc3sc4c(c23)CCCC4)c1. The first kappa shape index (κ1) is 32.2. The lowest BCUT2D eigenvalue weighted by Crippen LogP contribution is -2.06. The van der Waals surface area contributed by atoms with Gasteiger partial charge in [-0.05, 0) is 68.1 Å². The highest BCUT2D eigenvalue weighted by atomic mass is 35.5. The van der Waals surface area contributed by atoms with Crippen LogP contribution in [0.2, 0.25) is 5.15 Å². The number of nitrogens with one attached hydrogen (secondary N) is 1. The zero-order valence-corrected chi connectivity index (χ0v) is 29.1. The molecule has 0 unspecified atom stereocenters. The van der Waals surface area contributed by atoms with Crippen molar-refractivity contribution in [3.05, 3.63) is 103 Å². The number of hydrogen-bond donors (Lipinski definition) is 1. The zero-order chi connectivity index (χ0) is 34.0. The third-order valence-corrected chi connectivity index (χ3v) is 11.4. The van der Waals surface area contributed by atoms with E-state index in [4.69, 9.17) is 21.6 Å². The summed E-state index contributed by atoms with van der Waals surface area (Å²) in [4.78, 5) is 50.8. The van der Waals surface area contributed by atoms with Gasteiger partial charge in [-0.1, -0.05) is 23.7 Å². The minimum absolute atomic E-state index is 0.0790. The first-order valence-electron chi connectivity index (χ1n) is 16.3. The molecule has 0 fully saturated rings. The lowest BCUT2D eigenvalue weighted by molar-refractivity contribution is -0.384. The molecular formula is C35H29ClN10O2S2. The lowest BCUT2D eigenvalue weighted by Gasteiger charge is -2.13. The Morgan fingerprint density at radius 2 is 1.36 bits per heavy atom. The van der Waals surface area contributed by atoms with Gasteiger partial charge >= 0.3 is 0 Å². The first-order valence-corrected chi connectivity index (χ1v) is 18.3. The van der Waals surface area contributed by atoms with E-state index in [9.17, 15) is 10.1 Å². The maximum absolute atomic E-state index is 11.1. The molecule has 0 saturated carbocycles. The highest BCUT2D eigenvalue weighted by Crippen LogP contribution is 2.40. The van der Waals surface area contributed by atoms with Crippen molar-refractivity contribution in [3.8, 4) is 23.0 Å². The third-order valence-electron chi connectivity index (χ3n) is 8.75. The average molecular weight is 721 g/mol. The molecule has 6 heterocycles. The van der Waals surface area contributed by atoms with E-state index in [0.717, 1.165) is 63.9 Å². The topological polar surface area (TPSA) is 158 Å². The second-order valence-corrected chi connectivity index (χ2v) is 14.5. The molecule has 1 aromatic carbocycles. The predicted molar refractivity (Wildman–Crippen MR) is 196 cm³/mol. The van der Waals surface area contributed by atoms with Crippen molar-refractivity contribution >= 4 is 66.2 Å². The van der Waals surface area contributed by atoms with Crippen molar-refractivity contribution in [3.63, 3.8) is 0 Å². The van der Waals surface area contributed by atoms with Gasteiger partial charge in [0, 0.05) is 53.2 Å². The van der Waals surface area contributed by atoms with Crippen LogP contribution in [0.4, 0.5) is 11.5 Å². The molecule has 9 rings (SSSR count). The molecule has 15 heteroatoms. The van der Waals surface area contributed by atoms with Crippen LogP contribution in [0.1, 0.15) is 52.1 Å². The van der Waals surface area contributed by atoms with Crippen molar-refractivity contribution in [2.75, 3.05) is 5.32 Å². The average Bonchev–Trinajstić information content (AvgIpc) is 3.74. The molecule has 0 spiro atoms. The van der Waals surface area contributed by atoms with E-state index in [2.05, 4.69) is 35.2 Å². The van der Waals surface area contributed by atoms with Gasteiger partial charge in [0.1, 0.15) is 32.0 Å². The van der Waals surface area contributed by atoms with E-state index in [1.165, 1.54) is 46.2 Å². The highest BCUT2D eigenvalue weighted by Gasteiger charge is 2.23. The fourth-order valence-electron chi connectivity index (χ4n) is 6.42. The van der Waals surface area contributed by atoms with Crippen LogP contribution in [0.5, 0.6) is 0 Å². The molecule has 0 aliphatic heterocycles. The number of aryl methyl sites for hydroxylation is 4. The van der Waals surface area contributed by atoms with Gasteiger partial charge in [-0.3, -0.25) is 20.1 Å². The summed E-state index contributed by atoms with van der Waals surface area (Å²) in [5.74, 6) is 1.82. The Kier molecular flexibility index (Phi) is 9.04. The summed E-state index contributed by atoms with van der Waals surface area (Å²) in [6.45, 7) is 0.429. The van der Waals surface area contributed by atoms with Crippen LogP contribution >= 0.6 is 34.3 Å². The molecule has 50 heavy (non-hydrogen) atoms. The summed E-state index contributed by atoms with van der Waals surface area (Å²) >= 11 is 9.86. The number of fused-ring (bicyclic) bond motifs is 6. The molecule has 2 aliphatic rings. The number of nitro benzene ring substituents is 1. The Morgan fingerprint density at radius 3 is 1.98 bits per heavy atom.